The smallest absolute Gasteiger partial charge is 0.328 e. The first-order valence-corrected chi connectivity index (χ1v) is 15.2. The van der Waals surface area contributed by atoms with Gasteiger partial charge < -0.3 is 35.4 Å². The number of pyridine rings is 1. The van der Waals surface area contributed by atoms with Gasteiger partial charge in [0.2, 0.25) is 5.91 Å². The molecule has 0 bridgehead atoms. The summed E-state index contributed by atoms with van der Waals surface area (Å²) in [6.07, 6.45) is 6.33. The molecule has 1 aromatic carbocycles. The summed E-state index contributed by atoms with van der Waals surface area (Å²) in [4.78, 5) is 41.1. The lowest BCUT2D eigenvalue weighted by Gasteiger charge is -2.34. The molecule has 2 aliphatic heterocycles. The maximum Gasteiger partial charge on any atom is 0.328 e. The van der Waals surface area contributed by atoms with Crippen LogP contribution in [0.1, 0.15) is 54.5 Å². The van der Waals surface area contributed by atoms with Crippen LogP contribution >= 0.6 is 0 Å². The van der Waals surface area contributed by atoms with Gasteiger partial charge in [-0.05, 0) is 61.4 Å². The molecule has 0 unspecified atom stereocenters. The Hall–Kier alpha value is -4.61. The van der Waals surface area contributed by atoms with Gasteiger partial charge in [-0.3, -0.25) is 4.79 Å². The zero-order valence-corrected chi connectivity index (χ0v) is 25.6. The first-order chi connectivity index (χ1) is 21.4. The maximum absolute atomic E-state index is 12.8. The van der Waals surface area contributed by atoms with Crippen LogP contribution in [0.4, 0.5) is 17.5 Å². The molecule has 234 valence electrons. The zero-order valence-electron chi connectivity index (χ0n) is 25.6. The van der Waals surface area contributed by atoms with Gasteiger partial charge in [0, 0.05) is 43.4 Å². The van der Waals surface area contributed by atoms with E-state index in [4.69, 9.17) is 14.5 Å². The van der Waals surface area contributed by atoms with Crippen LogP contribution in [0.2, 0.25) is 0 Å². The predicted octanol–water partition coefficient (Wildman–Crippen LogP) is 3.42. The molecular formula is C32H41N7O5. The van der Waals surface area contributed by atoms with Crippen LogP contribution in [0.5, 0.6) is 11.5 Å². The number of aliphatic carboxylic acids is 1. The van der Waals surface area contributed by atoms with E-state index in [1.54, 1.807) is 18.2 Å². The van der Waals surface area contributed by atoms with Gasteiger partial charge in [-0.15, -0.1) is 0 Å². The molecule has 0 spiro atoms. The van der Waals surface area contributed by atoms with Crippen LogP contribution in [0.25, 0.3) is 0 Å². The molecule has 5 rings (SSSR count). The Morgan fingerprint density at radius 2 is 1.91 bits per heavy atom. The van der Waals surface area contributed by atoms with Crippen molar-refractivity contribution < 1.29 is 24.2 Å². The van der Waals surface area contributed by atoms with E-state index in [0.29, 0.717) is 35.2 Å². The lowest BCUT2D eigenvalue weighted by atomic mass is 9.92. The second-order valence-corrected chi connectivity index (χ2v) is 11.1. The highest BCUT2D eigenvalue weighted by Gasteiger charge is 2.27. The molecule has 3 aromatic rings. The maximum atomic E-state index is 12.8. The van der Waals surface area contributed by atoms with Crippen molar-refractivity contribution >= 4 is 29.3 Å². The first-order valence-electron chi connectivity index (χ1n) is 15.2. The van der Waals surface area contributed by atoms with Crippen molar-refractivity contribution in [3.05, 3.63) is 59.0 Å². The first kappa shape index (κ1) is 30.8. The number of piperidine rings is 1. The Morgan fingerprint density at radius 3 is 2.64 bits per heavy atom. The van der Waals surface area contributed by atoms with Crippen molar-refractivity contribution in [3.8, 4) is 11.5 Å². The zero-order chi connectivity index (χ0) is 31.1. The molecule has 44 heavy (non-hydrogen) atoms. The summed E-state index contributed by atoms with van der Waals surface area (Å²) in [5, 5.41) is 19.1. The van der Waals surface area contributed by atoms with Gasteiger partial charge in [-0.25, -0.2) is 19.7 Å². The Morgan fingerprint density at radius 1 is 1.11 bits per heavy atom. The van der Waals surface area contributed by atoms with Crippen molar-refractivity contribution in [2.45, 2.75) is 57.4 Å². The van der Waals surface area contributed by atoms with Gasteiger partial charge in [-0.2, -0.15) is 0 Å². The van der Waals surface area contributed by atoms with E-state index in [1.807, 2.05) is 6.92 Å². The molecule has 1 saturated heterocycles. The van der Waals surface area contributed by atoms with E-state index in [9.17, 15) is 14.7 Å². The van der Waals surface area contributed by atoms with Crippen LogP contribution in [-0.4, -0.2) is 78.4 Å². The summed E-state index contributed by atoms with van der Waals surface area (Å²) < 4.78 is 10.5. The fourth-order valence-corrected chi connectivity index (χ4v) is 5.93. The molecule has 12 heteroatoms. The standard InChI is InChI=1S/C32H41N7O5/c1-4-23-30(34-18-25(32(41)42)37-28(40)17-20-7-10-26(43-2)27(16-20)44-3)35-19-36-31(23)39-14-11-21(12-15-39)24-9-8-22-6-5-13-33-29(22)38-24/h7-10,16,19,21,25H,4-6,11-15,17-18H2,1-3H3,(H,33,38)(H,37,40)(H,41,42)(H,34,35,36)/t25-/m0/s1. The average molecular weight is 604 g/mol. The Kier molecular flexibility index (Phi) is 9.98. The number of anilines is 3. The lowest BCUT2D eigenvalue weighted by molar-refractivity contribution is -0.141. The normalized spacial score (nSPS) is 15.5. The van der Waals surface area contributed by atoms with Crippen LogP contribution < -0.4 is 30.3 Å². The van der Waals surface area contributed by atoms with E-state index in [-0.39, 0.29) is 13.0 Å². The number of amides is 1. The number of nitrogens with zero attached hydrogens (tertiary/aromatic N) is 4. The molecular weight excluding hydrogens is 562 g/mol. The van der Waals surface area contributed by atoms with Crippen LogP contribution in [0.15, 0.2) is 36.7 Å². The highest BCUT2D eigenvalue weighted by molar-refractivity contribution is 5.85. The van der Waals surface area contributed by atoms with Crippen LogP contribution in [0.3, 0.4) is 0 Å². The number of aromatic nitrogens is 3. The predicted molar refractivity (Wildman–Crippen MR) is 168 cm³/mol. The number of carbonyl (C=O) groups excluding carboxylic acids is 1. The van der Waals surface area contributed by atoms with Gasteiger partial charge in [0.05, 0.1) is 20.6 Å². The number of fused-ring (bicyclic) bond motifs is 1. The van der Waals surface area contributed by atoms with Crippen molar-refractivity contribution in [1.29, 1.82) is 0 Å². The Balaban J connectivity index is 1.20. The second kappa shape index (κ2) is 14.2. The molecule has 1 amide bonds. The van der Waals surface area contributed by atoms with Crippen molar-refractivity contribution in [2.24, 2.45) is 0 Å². The van der Waals surface area contributed by atoms with Gasteiger partial charge in [0.25, 0.3) is 0 Å². The minimum absolute atomic E-state index is 0.00452. The van der Waals surface area contributed by atoms with E-state index >= 15 is 0 Å². The van der Waals surface area contributed by atoms with Crippen LogP contribution in [0, 0.1) is 0 Å². The lowest BCUT2D eigenvalue weighted by Crippen LogP contribution is -2.46. The average Bonchev–Trinajstić information content (AvgIpc) is 3.06. The molecule has 1 atom stereocenters. The van der Waals surface area contributed by atoms with Gasteiger partial charge in [-0.1, -0.05) is 19.1 Å². The Labute approximate surface area is 257 Å². The third kappa shape index (κ3) is 7.12. The minimum Gasteiger partial charge on any atom is -0.493 e. The summed E-state index contributed by atoms with van der Waals surface area (Å²) in [6.45, 7) is 4.65. The highest BCUT2D eigenvalue weighted by Crippen LogP contribution is 2.33. The van der Waals surface area contributed by atoms with E-state index in [1.165, 1.54) is 26.1 Å². The molecule has 1 fully saturated rings. The fraction of sp³-hybridized carbons (Fsp3) is 0.469. The number of methoxy groups -OCH3 is 2. The Bertz CT molecular complexity index is 1480. The SMILES string of the molecule is CCc1c(NC[C@H](NC(=O)Cc2ccc(OC)c(OC)c2)C(=O)O)ncnc1N1CCC(c2ccc3c(n2)NCCC3)CC1. The van der Waals surface area contributed by atoms with E-state index in [2.05, 4.69) is 43.0 Å². The van der Waals surface area contributed by atoms with Gasteiger partial charge in [0.1, 0.15) is 29.8 Å². The van der Waals surface area contributed by atoms with Crippen molar-refractivity contribution in [2.75, 3.05) is 55.9 Å². The van der Waals surface area contributed by atoms with E-state index < -0.39 is 17.9 Å². The number of carbonyl (C=O) groups is 2. The number of carboxylic acid groups (broad SMARTS) is 1. The minimum atomic E-state index is -1.15. The number of carboxylic acids is 1. The largest absolute Gasteiger partial charge is 0.493 e. The van der Waals surface area contributed by atoms with Crippen molar-refractivity contribution in [1.82, 2.24) is 20.3 Å². The van der Waals surface area contributed by atoms with E-state index in [0.717, 1.165) is 68.2 Å². The molecule has 4 N–H and O–H groups in total. The number of rotatable bonds is 12. The summed E-state index contributed by atoms with van der Waals surface area (Å²) in [6, 6.07) is 8.40. The molecule has 12 nitrogen and oxygen atoms in total. The topological polar surface area (TPSA) is 151 Å². The third-order valence-corrected chi connectivity index (χ3v) is 8.32. The number of ether oxygens (including phenoxy) is 2. The fourth-order valence-electron chi connectivity index (χ4n) is 5.93. The molecule has 0 aliphatic carbocycles. The number of benzene rings is 1. The summed E-state index contributed by atoms with van der Waals surface area (Å²) >= 11 is 0. The molecule has 2 aromatic heterocycles. The third-order valence-electron chi connectivity index (χ3n) is 8.32. The summed E-state index contributed by atoms with van der Waals surface area (Å²) in [5.74, 6) is 2.34. The highest BCUT2D eigenvalue weighted by atomic mass is 16.5. The molecule has 2 aliphatic rings. The van der Waals surface area contributed by atoms with Crippen LogP contribution in [-0.2, 0) is 28.9 Å². The number of hydrogen-bond donors (Lipinski definition) is 4. The number of hydrogen-bond acceptors (Lipinski definition) is 10. The molecule has 0 saturated carbocycles. The van der Waals surface area contributed by atoms with Gasteiger partial charge >= 0.3 is 5.97 Å². The number of aryl methyl sites for hydroxylation is 1. The summed E-state index contributed by atoms with van der Waals surface area (Å²) in [5.41, 5.74) is 4.04. The molecule has 0 radical (unpaired) electrons. The van der Waals surface area contributed by atoms with Gasteiger partial charge in [0.15, 0.2) is 11.5 Å². The number of nitrogens with one attached hydrogen (secondary N) is 3. The summed E-state index contributed by atoms with van der Waals surface area (Å²) in [7, 11) is 3.05. The quantitative estimate of drug-likeness (QED) is 0.241. The monoisotopic (exact) mass is 603 g/mol. The molecule has 4 heterocycles. The van der Waals surface area contributed by atoms with Crippen molar-refractivity contribution in [3.63, 3.8) is 0 Å². The second-order valence-electron chi connectivity index (χ2n) is 11.1.